The SMILES string of the molecule is CN=C(NCC1(C(=O)N(C)C)CCCC1)NC1CCN(Cc2ccc(Cl)cc2)CC1.I. The van der Waals surface area contributed by atoms with Crippen molar-refractivity contribution in [2.75, 3.05) is 40.8 Å². The Morgan fingerprint density at radius 3 is 2.35 bits per heavy atom. The highest BCUT2D eigenvalue weighted by molar-refractivity contribution is 14.0. The molecule has 0 unspecified atom stereocenters. The van der Waals surface area contributed by atoms with Gasteiger partial charge in [-0.3, -0.25) is 14.7 Å². The van der Waals surface area contributed by atoms with E-state index >= 15 is 0 Å². The smallest absolute Gasteiger partial charge is 0.230 e. The standard InChI is InChI=1S/C23H36ClN5O.HI/c1-25-22(26-17-23(12-4-5-13-23)21(30)28(2)3)27-20-10-14-29(15-11-20)16-18-6-8-19(24)9-7-18;/h6-9,20H,4-5,10-17H2,1-3H3,(H2,25,26,27);1H. The molecular weight excluding hydrogens is 525 g/mol. The van der Waals surface area contributed by atoms with Crippen molar-refractivity contribution >= 4 is 47.4 Å². The van der Waals surface area contributed by atoms with E-state index in [1.165, 1.54) is 5.56 Å². The molecule has 1 saturated heterocycles. The van der Waals surface area contributed by atoms with Crippen LogP contribution in [0.1, 0.15) is 44.1 Å². The number of hydrogen-bond acceptors (Lipinski definition) is 3. The van der Waals surface area contributed by atoms with Crippen LogP contribution in [0.3, 0.4) is 0 Å². The molecule has 31 heavy (non-hydrogen) atoms. The van der Waals surface area contributed by atoms with Crippen molar-refractivity contribution < 1.29 is 4.79 Å². The largest absolute Gasteiger partial charge is 0.355 e. The molecule has 3 rings (SSSR count). The summed E-state index contributed by atoms with van der Waals surface area (Å²) in [4.78, 5) is 21.4. The second-order valence-corrected chi connectivity index (χ2v) is 9.37. The van der Waals surface area contributed by atoms with Gasteiger partial charge in [-0.15, -0.1) is 24.0 Å². The van der Waals surface area contributed by atoms with E-state index in [1.54, 1.807) is 11.9 Å². The molecule has 1 heterocycles. The van der Waals surface area contributed by atoms with Crippen LogP contribution in [0.5, 0.6) is 0 Å². The van der Waals surface area contributed by atoms with Crippen molar-refractivity contribution in [1.29, 1.82) is 0 Å². The van der Waals surface area contributed by atoms with Crippen LogP contribution in [-0.2, 0) is 11.3 Å². The minimum Gasteiger partial charge on any atom is -0.355 e. The summed E-state index contributed by atoms with van der Waals surface area (Å²) >= 11 is 5.98. The number of hydrogen-bond donors (Lipinski definition) is 2. The fourth-order valence-electron chi connectivity index (χ4n) is 4.72. The van der Waals surface area contributed by atoms with Gasteiger partial charge in [0.2, 0.25) is 5.91 Å². The summed E-state index contributed by atoms with van der Waals surface area (Å²) < 4.78 is 0. The molecule has 2 fully saturated rings. The fourth-order valence-corrected chi connectivity index (χ4v) is 4.84. The second kappa shape index (κ2) is 12.3. The first-order valence-corrected chi connectivity index (χ1v) is 11.5. The van der Waals surface area contributed by atoms with Crippen molar-refractivity contribution in [1.82, 2.24) is 20.4 Å². The lowest BCUT2D eigenvalue weighted by Crippen LogP contribution is -2.52. The summed E-state index contributed by atoms with van der Waals surface area (Å²) in [6.07, 6.45) is 6.32. The maximum absolute atomic E-state index is 12.8. The van der Waals surface area contributed by atoms with Crippen molar-refractivity contribution in [3.8, 4) is 0 Å². The lowest BCUT2D eigenvalue weighted by atomic mass is 9.84. The molecule has 0 bridgehead atoms. The topological polar surface area (TPSA) is 60.0 Å². The van der Waals surface area contributed by atoms with Gasteiger partial charge in [0.05, 0.1) is 5.41 Å². The van der Waals surface area contributed by atoms with E-state index < -0.39 is 0 Å². The van der Waals surface area contributed by atoms with Gasteiger partial charge in [-0.2, -0.15) is 0 Å². The number of nitrogens with zero attached hydrogens (tertiary/aromatic N) is 3. The first-order valence-electron chi connectivity index (χ1n) is 11.1. The summed E-state index contributed by atoms with van der Waals surface area (Å²) in [5.74, 6) is 1.04. The molecule has 0 spiro atoms. The van der Waals surface area contributed by atoms with E-state index in [9.17, 15) is 4.79 Å². The van der Waals surface area contributed by atoms with Crippen LogP contribution in [0.15, 0.2) is 29.3 Å². The van der Waals surface area contributed by atoms with Gasteiger partial charge < -0.3 is 15.5 Å². The van der Waals surface area contributed by atoms with Gasteiger partial charge in [0.1, 0.15) is 0 Å². The second-order valence-electron chi connectivity index (χ2n) is 8.93. The highest BCUT2D eigenvalue weighted by atomic mass is 127. The van der Waals surface area contributed by atoms with Gasteiger partial charge in [-0.05, 0) is 43.4 Å². The Morgan fingerprint density at radius 2 is 1.81 bits per heavy atom. The molecule has 1 aliphatic carbocycles. The van der Waals surface area contributed by atoms with Crippen LogP contribution in [0.4, 0.5) is 0 Å². The molecule has 1 saturated carbocycles. The van der Waals surface area contributed by atoms with Gasteiger partial charge >= 0.3 is 0 Å². The molecule has 1 aromatic rings. The number of rotatable bonds is 6. The lowest BCUT2D eigenvalue weighted by molar-refractivity contribution is -0.138. The van der Waals surface area contributed by atoms with E-state index in [2.05, 4.69) is 32.7 Å². The Hall–Kier alpha value is -1.06. The Labute approximate surface area is 209 Å². The number of carbonyl (C=O) groups excluding carboxylic acids is 1. The van der Waals surface area contributed by atoms with Gasteiger partial charge in [0.25, 0.3) is 0 Å². The summed E-state index contributed by atoms with van der Waals surface area (Å²) in [5, 5.41) is 7.82. The normalized spacial score (nSPS) is 19.5. The zero-order chi connectivity index (χ0) is 21.6. The summed E-state index contributed by atoms with van der Waals surface area (Å²) in [6.45, 7) is 3.73. The van der Waals surface area contributed by atoms with Crippen LogP contribution < -0.4 is 10.6 Å². The third-order valence-corrected chi connectivity index (χ3v) is 6.74. The number of likely N-dealkylation sites (tertiary alicyclic amines) is 1. The van der Waals surface area contributed by atoms with E-state index in [0.717, 1.165) is 69.1 Å². The number of amides is 1. The minimum atomic E-state index is -0.289. The number of nitrogens with one attached hydrogen (secondary N) is 2. The molecule has 1 aromatic carbocycles. The molecule has 2 aliphatic rings. The molecule has 0 radical (unpaired) electrons. The number of benzene rings is 1. The number of aliphatic imine (C=N–C) groups is 1. The van der Waals surface area contributed by atoms with Crippen LogP contribution >= 0.6 is 35.6 Å². The molecule has 2 N–H and O–H groups in total. The Bertz CT molecular complexity index is 726. The molecular formula is C23H37ClIN5O. The number of piperidine rings is 1. The van der Waals surface area contributed by atoms with E-state index in [4.69, 9.17) is 11.6 Å². The maximum Gasteiger partial charge on any atom is 0.230 e. The molecule has 1 aliphatic heterocycles. The minimum absolute atomic E-state index is 0. The Morgan fingerprint density at radius 1 is 1.19 bits per heavy atom. The summed E-state index contributed by atoms with van der Waals surface area (Å²) in [7, 11) is 5.51. The summed E-state index contributed by atoms with van der Waals surface area (Å²) in [6, 6.07) is 8.53. The number of halogens is 2. The van der Waals surface area contributed by atoms with Crippen molar-refractivity contribution in [2.24, 2.45) is 10.4 Å². The monoisotopic (exact) mass is 561 g/mol. The first kappa shape index (κ1) is 26.2. The van der Waals surface area contributed by atoms with Crippen LogP contribution in [0, 0.1) is 5.41 Å². The summed E-state index contributed by atoms with van der Waals surface area (Å²) in [5.41, 5.74) is 1.01. The number of guanidine groups is 1. The van der Waals surface area contributed by atoms with E-state index in [-0.39, 0.29) is 35.3 Å². The molecule has 174 valence electrons. The van der Waals surface area contributed by atoms with Crippen molar-refractivity contribution in [3.63, 3.8) is 0 Å². The first-order chi connectivity index (χ1) is 14.4. The average molecular weight is 562 g/mol. The molecule has 6 nitrogen and oxygen atoms in total. The predicted octanol–water partition coefficient (Wildman–Crippen LogP) is 3.74. The highest BCUT2D eigenvalue weighted by Crippen LogP contribution is 2.38. The maximum atomic E-state index is 12.8. The van der Waals surface area contributed by atoms with Crippen LogP contribution in [0.2, 0.25) is 5.02 Å². The fraction of sp³-hybridized carbons (Fsp3) is 0.652. The molecule has 0 aromatic heterocycles. The van der Waals surface area contributed by atoms with Gasteiger partial charge in [0.15, 0.2) is 5.96 Å². The quantitative estimate of drug-likeness (QED) is 0.316. The number of carbonyl (C=O) groups is 1. The highest BCUT2D eigenvalue weighted by Gasteiger charge is 2.42. The van der Waals surface area contributed by atoms with Crippen molar-refractivity contribution in [2.45, 2.75) is 51.1 Å². The average Bonchev–Trinajstić information content (AvgIpc) is 3.23. The van der Waals surface area contributed by atoms with Crippen molar-refractivity contribution in [3.05, 3.63) is 34.9 Å². The van der Waals surface area contributed by atoms with Crippen LogP contribution in [0.25, 0.3) is 0 Å². The van der Waals surface area contributed by atoms with Gasteiger partial charge in [-0.25, -0.2) is 0 Å². The molecule has 0 atom stereocenters. The predicted molar refractivity (Wildman–Crippen MR) is 139 cm³/mol. The Balaban J connectivity index is 0.00000341. The third kappa shape index (κ3) is 7.22. The Kier molecular flexibility index (Phi) is 10.4. The van der Waals surface area contributed by atoms with Gasteiger partial charge in [-0.1, -0.05) is 36.6 Å². The van der Waals surface area contributed by atoms with E-state index in [1.807, 2.05) is 26.2 Å². The molecule has 8 heteroatoms. The lowest BCUT2D eigenvalue weighted by Gasteiger charge is -2.34. The van der Waals surface area contributed by atoms with Crippen LogP contribution in [-0.4, -0.2) is 68.5 Å². The van der Waals surface area contributed by atoms with E-state index in [0.29, 0.717) is 12.6 Å². The third-order valence-electron chi connectivity index (χ3n) is 6.49. The molecule has 1 amide bonds. The zero-order valence-electron chi connectivity index (χ0n) is 19.0. The van der Waals surface area contributed by atoms with Gasteiger partial charge in [0, 0.05) is 58.4 Å². The zero-order valence-corrected chi connectivity index (χ0v) is 22.1.